The Morgan fingerprint density at radius 2 is 1.70 bits per heavy atom. The number of likely N-dealkylation sites (tertiary alicyclic amines) is 1. The van der Waals surface area contributed by atoms with Crippen LogP contribution in [0.4, 0.5) is 0 Å². The third kappa shape index (κ3) is 4.66. The highest BCUT2D eigenvalue weighted by Crippen LogP contribution is 2.25. The van der Waals surface area contributed by atoms with Crippen molar-refractivity contribution in [2.24, 2.45) is 0 Å². The summed E-state index contributed by atoms with van der Waals surface area (Å²) < 4.78 is 11.2. The molecule has 1 aliphatic rings. The van der Waals surface area contributed by atoms with Gasteiger partial charge in [-0.1, -0.05) is 24.3 Å². The normalized spacial score (nSPS) is 13.1. The number of ether oxygens (including phenoxy) is 2. The molecule has 2 heterocycles. The number of benzene rings is 2. The minimum Gasteiger partial charge on any atom is -0.457 e. The zero-order chi connectivity index (χ0) is 20.8. The summed E-state index contributed by atoms with van der Waals surface area (Å²) in [5, 5.41) is 0. The van der Waals surface area contributed by atoms with Gasteiger partial charge in [0.1, 0.15) is 23.7 Å². The van der Waals surface area contributed by atoms with Gasteiger partial charge in [-0.3, -0.25) is 9.78 Å². The Kier molecular flexibility index (Phi) is 6.03. The minimum atomic E-state index is -0.480. The van der Waals surface area contributed by atoms with E-state index in [-0.39, 0.29) is 12.5 Å². The molecule has 0 aliphatic carbocycles. The Morgan fingerprint density at radius 3 is 2.43 bits per heavy atom. The van der Waals surface area contributed by atoms with Crippen molar-refractivity contribution in [3.8, 4) is 11.5 Å². The standard InChI is InChI=1S/C24H22N2O4/c27-23(26-14-3-4-15-26)19-11-9-18(10-12-19)17-29-24(28)21-7-1-2-8-22(21)30-20-6-5-13-25-16-20/h1-2,5-13,16H,3-4,14-15,17H2. The Morgan fingerprint density at radius 1 is 0.933 bits per heavy atom. The molecule has 1 saturated heterocycles. The second-order valence-corrected chi connectivity index (χ2v) is 7.06. The molecule has 0 N–H and O–H groups in total. The van der Waals surface area contributed by atoms with Crippen LogP contribution in [0.1, 0.15) is 39.1 Å². The molecule has 1 aromatic heterocycles. The summed E-state index contributed by atoms with van der Waals surface area (Å²) in [4.78, 5) is 30.9. The monoisotopic (exact) mass is 402 g/mol. The van der Waals surface area contributed by atoms with E-state index in [9.17, 15) is 9.59 Å². The Hall–Kier alpha value is -3.67. The number of para-hydroxylation sites is 1. The number of rotatable bonds is 6. The highest BCUT2D eigenvalue weighted by Gasteiger charge is 2.19. The van der Waals surface area contributed by atoms with E-state index >= 15 is 0 Å². The second-order valence-electron chi connectivity index (χ2n) is 7.06. The summed E-state index contributed by atoms with van der Waals surface area (Å²) in [7, 11) is 0. The van der Waals surface area contributed by atoms with Crippen LogP contribution in [-0.4, -0.2) is 34.8 Å². The van der Waals surface area contributed by atoms with E-state index in [0.717, 1.165) is 31.5 Å². The van der Waals surface area contributed by atoms with Crippen molar-refractivity contribution in [3.05, 3.63) is 89.7 Å². The lowest BCUT2D eigenvalue weighted by molar-refractivity contribution is 0.0469. The lowest BCUT2D eigenvalue weighted by Gasteiger charge is -2.15. The molecule has 6 nitrogen and oxygen atoms in total. The van der Waals surface area contributed by atoms with E-state index in [0.29, 0.717) is 22.6 Å². The molecule has 3 aromatic rings. The van der Waals surface area contributed by atoms with E-state index in [2.05, 4.69) is 4.98 Å². The topological polar surface area (TPSA) is 68.7 Å². The third-order valence-corrected chi connectivity index (χ3v) is 4.93. The SMILES string of the molecule is O=C(OCc1ccc(C(=O)N2CCCC2)cc1)c1ccccc1Oc1cccnc1. The van der Waals surface area contributed by atoms with Crippen molar-refractivity contribution in [3.63, 3.8) is 0 Å². The molecule has 30 heavy (non-hydrogen) atoms. The van der Waals surface area contributed by atoms with Crippen LogP contribution in [0, 0.1) is 0 Å². The van der Waals surface area contributed by atoms with E-state index in [1.165, 1.54) is 0 Å². The van der Waals surface area contributed by atoms with Crippen LogP contribution in [0.25, 0.3) is 0 Å². The molecule has 152 valence electrons. The molecule has 1 fully saturated rings. The molecular weight excluding hydrogens is 380 g/mol. The summed E-state index contributed by atoms with van der Waals surface area (Å²) in [6.07, 6.45) is 5.35. The van der Waals surface area contributed by atoms with Crippen molar-refractivity contribution in [1.82, 2.24) is 9.88 Å². The fraction of sp³-hybridized carbons (Fsp3) is 0.208. The lowest BCUT2D eigenvalue weighted by Crippen LogP contribution is -2.27. The number of aromatic nitrogens is 1. The summed E-state index contributed by atoms with van der Waals surface area (Å²) in [6, 6.07) is 17.6. The quantitative estimate of drug-likeness (QED) is 0.569. The fourth-order valence-corrected chi connectivity index (χ4v) is 3.33. The number of pyridine rings is 1. The van der Waals surface area contributed by atoms with Crippen LogP contribution in [0.2, 0.25) is 0 Å². The van der Waals surface area contributed by atoms with E-state index < -0.39 is 5.97 Å². The van der Waals surface area contributed by atoms with Crippen molar-refractivity contribution < 1.29 is 19.1 Å². The van der Waals surface area contributed by atoms with Crippen LogP contribution < -0.4 is 4.74 Å². The van der Waals surface area contributed by atoms with E-state index in [1.807, 2.05) is 17.0 Å². The first-order valence-corrected chi connectivity index (χ1v) is 9.93. The first kappa shape index (κ1) is 19.6. The van der Waals surface area contributed by atoms with Crippen LogP contribution in [0.15, 0.2) is 73.1 Å². The van der Waals surface area contributed by atoms with Crippen molar-refractivity contribution in [2.75, 3.05) is 13.1 Å². The lowest BCUT2D eigenvalue weighted by atomic mass is 10.1. The summed E-state index contributed by atoms with van der Waals surface area (Å²) in [5.74, 6) is 0.516. The number of esters is 1. The number of hydrogen-bond acceptors (Lipinski definition) is 5. The average Bonchev–Trinajstić information content (AvgIpc) is 3.33. The van der Waals surface area contributed by atoms with Gasteiger partial charge < -0.3 is 14.4 Å². The second kappa shape index (κ2) is 9.22. The number of nitrogens with zero attached hydrogens (tertiary/aromatic N) is 2. The number of carbonyl (C=O) groups is 2. The zero-order valence-electron chi connectivity index (χ0n) is 16.5. The van der Waals surface area contributed by atoms with Crippen LogP contribution in [-0.2, 0) is 11.3 Å². The van der Waals surface area contributed by atoms with Crippen LogP contribution in [0.3, 0.4) is 0 Å². The minimum absolute atomic E-state index is 0.0533. The summed E-state index contributed by atoms with van der Waals surface area (Å²) in [6.45, 7) is 1.75. The highest BCUT2D eigenvalue weighted by atomic mass is 16.5. The molecule has 0 bridgehead atoms. The molecule has 1 aliphatic heterocycles. The smallest absolute Gasteiger partial charge is 0.342 e. The van der Waals surface area contributed by atoms with Gasteiger partial charge in [-0.15, -0.1) is 0 Å². The fourth-order valence-electron chi connectivity index (χ4n) is 3.33. The zero-order valence-corrected chi connectivity index (χ0v) is 16.5. The van der Waals surface area contributed by atoms with Gasteiger partial charge >= 0.3 is 5.97 Å². The summed E-state index contributed by atoms with van der Waals surface area (Å²) in [5.41, 5.74) is 1.80. The molecule has 0 saturated carbocycles. The highest BCUT2D eigenvalue weighted by molar-refractivity contribution is 5.94. The number of carbonyl (C=O) groups excluding carboxylic acids is 2. The predicted molar refractivity (Wildman–Crippen MR) is 111 cm³/mol. The van der Waals surface area contributed by atoms with Gasteiger partial charge in [0.25, 0.3) is 5.91 Å². The molecule has 4 rings (SSSR count). The van der Waals surface area contributed by atoms with Gasteiger partial charge in [0.05, 0.1) is 6.20 Å². The first-order chi connectivity index (χ1) is 14.7. The number of amides is 1. The third-order valence-electron chi connectivity index (χ3n) is 4.93. The van der Waals surface area contributed by atoms with Gasteiger partial charge in [0.15, 0.2) is 0 Å². The van der Waals surface area contributed by atoms with Gasteiger partial charge in [0, 0.05) is 24.8 Å². The number of hydrogen-bond donors (Lipinski definition) is 0. The first-order valence-electron chi connectivity index (χ1n) is 9.93. The molecule has 1 amide bonds. The van der Waals surface area contributed by atoms with Gasteiger partial charge in [-0.25, -0.2) is 4.79 Å². The molecule has 2 aromatic carbocycles. The summed E-state index contributed by atoms with van der Waals surface area (Å²) >= 11 is 0. The molecule has 6 heteroatoms. The molecule has 0 radical (unpaired) electrons. The molecule has 0 atom stereocenters. The van der Waals surface area contributed by atoms with Gasteiger partial charge in [0.2, 0.25) is 0 Å². The average molecular weight is 402 g/mol. The Labute approximate surface area is 175 Å². The van der Waals surface area contributed by atoms with Crippen LogP contribution in [0.5, 0.6) is 11.5 Å². The maximum absolute atomic E-state index is 12.6. The Balaban J connectivity index is 1.38. The largest absolute Gasteiger partial charge is 0.457 e. The Bertz CT molecular complexity index is 1010. The maximum Gasteiger partial charge on any atom is 0.342 e. The van der Waals surface area contributed by atoms with Crippen molar-refractivity contribution in [1.29, 1.82) is 0 Å². The maximum atomic E-state index is 12.6. The van der Waals surface area contributed by atoms with Crippen LogP contribution >= 0.6 is 0 Å². The van der Waals surface area contributed by atoms with E-state index in [1.54, 1.807) is 60.9 Å². The van der Waals surface area contributed by atoms with Gasteiger partial charge in [-0.05, 0) is 54.8 Å². The molecular formula is C24H22N2O4. The predicted octanol–water partition coefficient (Wildman–Crippen LogP) is 4.47. The van der Waals surface area contributed by atoms with Crippen molar-refractivity contribution >= 4 is 11.9 Å². The van der Waals surface area contributed by atoms with E-state index in [4.69, 9.17) is 9.47 Å². The molecule has 0 spiro atoms. The van der Waals surface area contributed by atoms with Gasteiger partial charge in [-0.2, -0.15) is 0 Å². The molecule has 0 unspecified atom stereocenters. The van der Waals surface area contributed by atoms with Crippen molar-refractivity contribution in [2.45, 2.75) is 19.4 Å².